The first kappa shape index (κ1) is 35.2. The minimum absolute atomic E-state index is 0.143. The number of esters is 1. The Kier molecular flexibility index (Phi) is 31.5. The number of rotatable bonds is 31. The van der Waals surface area contributed by atoms with Crippen LogP contribution >= 0.6 is 0 Å². The van der Waals surface area contributed by atoms with Crippen molar-refractivity contribution in [3.63, 3.8) is 0 Å². The fourth-order valence-electron chi connectivity index (χ4n) is 5.27. The molecule has 0 unspecified atom stereocenters. The molecule has 0 radical (unpaired) electrons. The van der Waals surface area contributed by atoms with Gasteiger partial charge in [0.15, 0.2) is 0 Å². The molecule has 0 rings (SSSR count). The Balaban J connectivity index is 3.04. The van der Waals surface area contributed by atoms with Crippen LogP contribution in [0.15, 0.2) is 12.8 Å². The summed E-state index contributed by atoms with van der Waals surface area (Å²) in [5, 5.41) is 0. The summed E-state index contributed by atoms with van der Waals surface area (Å²) in [6.45, 7) is 5.71. The molecule has 0 aliphatic carbocycles. The van der Waals surface area contributed by atoms with E-state index in [1.54, 1.807) is 0 Å². The second-order valence-corrected chi connectivity index (χ2v) is 11.3. The molecule has 0 aromatic carbocycles. The van der Waals surface area contributed by atoms with Crippen molar-refractivity contribution < 1.29 is 9.53 Å². The molecule has 36 heavy (non-hydrogen) atoms. The van der Waals surface area contributed by atoms with E-state index in [2.05, 4.69) is 13.5 Å². The molecule has 0 fully saturated rings. The van der Waals surface area contributed by atoms with Crippen LogP contribution in [0.1, 0.15) is 200 Å². The van der Waals surface area contributed by atoms with Gasteiger partial charge in [-0.15, -0.1) is 0 Å². The third-order valence-corrected chi connectivity index (χ3v) is 7.70. The lowest BCUT2D eigenvalue weighted by Crippen LogP contribution is -1.98. The zero-order valence-electron chi connectivity index (χ0n) is 24.8. The van der Waals surface area contributed by atoms with Crippen LogP contribution in [0, 0.1) is 0 Å². The molecule has 0 aliphatic heterocycles. The molecule has 2 nitrogen and oxygen atoms in total. The van der Waals surface area contributed by atoms with Crippen LogP contribution in [0.25, 0.3) is 0 Å². The Bertz CT molecular complexity index is 431. The first-order chi connectivity index (χ1) is 17.8. The Morgan fingerprint density at radius 1 is 0.444 bits per heavy atom. The maximum atomic E-state index is 11.2. The maximum absolute atomic E-state index is 11.2. The fourth-order valence-corrected chi connectivity index (χ4v) is 5.27. The molecule has 0 amide bonds. The zero-order chi connectivity index (χ0) is 26.2. The highest BCUT2D eigenvalue weighted by molar-refractivity contribution is 5.69. The average Bonchev–Trinajstić information content (AvgIpc) is 2.88. The number of hydrogen-bond acceptors (Lipinski definition) is 2. The van der Waals surface area contributed by atoms with E-state index < -0.39 is 0 Å². The molecule has 2 heteroatoms. The molecule has 0 heterocycles. The lowest BCUT2D eigenvalue weighted by atomic mass is 10.0. The van der Waals surface area contributed by atoms with Crippen molar-refractivity contribution >= 4 is 5.97 Å². The summed E-state index contributed by atoms with van der Waals surface area (Å²) in [6, 6.07) is 0. The highest BCUT2D eigenvalue weighted by atomic mass is 16.5. The van der Waals surface area contributed by atoms with Crippen molar-refractivity contribution in [1.29, 1.82) is 0 Å². The first-order valence-corrected chi connectivity index (χ1v) is 16.6. The Morgan fingerprint density at radius 3 is 0.889 bits per heavy atom. The molecule has 0 aromatic heterocycles. The van der Waals surface area contributed by atoms with Crippen LogP contribution in [0.2, 0.25) is 0 Å². The SMILES string of the molecule is C=COC(=O)CCCCCCCCCCCCCCCCCCCCCCCCCCCCCCC. The van der Waals surface area contributed by atoms with E-state index in [0.717, 1.165) is 12.8 Å². The largest absolute Gasteiger partial charge is 0.435 e. The smallest absolute Gasteiger partial charge is 0.310 e. The second kappa shape index (κ2) is 32.2. The topological polar surface area (TPSA) is 26.3 Å². The highest BCUT2D eigenvalue weighted by Gasteiger charge is 2.00. The molecule has 0 saturated carbocycles. The van der Waals surface area contributed by atoms with Gasteiger partial charge in [0.1, 0.15) is 0 Å². The van der Waals surface area contributed by atoms with Gasteiger partial charge in [-0.05, 0) is 6.42 Å². The summed E-state index contributed by atoms with van der Waals surface area (Å²) in [7, 11) is 0. The summed E-state index contributed by atoms with van der Waals surface area (Å²) in [6.07, 6.45) is 42.7. The number of carbonyl (C=O) groups is 1. The predicted octanol–water partition coefficient (Wildman–Crippen LogP) is 12.4. The average molecular weight is 507 g/mol. The number of ether oxygens (including phenoxy) is 1. The molecule has 0 spiro atoms. The Hall–Kier alpha value is -0.790. The van der Waals surface area contributed by atoms with E-state index in [9.17, 15) is 4.79 Å². The van der Waals surface area contributed by atoms with Crippen LogP contribution in [-0.4, -0.2) is 5.97 Å². The van der Waals surface area contributed by atoms with E-state index >= 15 is 0 Å². The third-order valence-electron chi connectivity index (χ3n) is 7.70. The van der Waals surface area contributed by atoms with Gasteiger partial charge in [-0.25, -0.2) is 0 Å². The Morgan fingerprint density at radius 2 is 0.667 bits per heavy atom. The van der Waals surface area contributed by atoms with Gasteiger partial charge in [-0.2, -0.15) is 0 Å². The van der Waals surface area contributed by atoms with Gasteiger partial charge in [-0.3, -0.25) is 4.79 Å². The van der Waals surface area contributed by atoms with Gasteiger partial charge in [0, 0.05) is 6.42 Å². The lowest BCUT2D eigenvalue weighted by molar-refractivity contribution is -0.138. The normalized spacial score (nSPS) is 11.1. The van der Waals surface area contributed by atoms with E-state index in [1.165, 1.54) is 180 Å². The van der Waals surface area contributed by atoms with E-state index in [4.69, 9.17) is 4.74 Å². The summed E-state index contributed by atoms with van der Waals surface area (Å²) >= 11 is 0. The monoisotopic (exact) mass is 507 g/mol. The van der Waals surface area contributed by atoms with Crippen LogP contribution < -0.4 is 0 Å². The van der Waals surface area contributed by atoms with Gasteiger partial charge in [0.05, 0.1) is 6.26 Å². The molecular weight excluding hydrogens is 440 g/mol. The summed E-state index contributed by atoms with van der Waals surface area (Å²) in [5.41, 5.74) is 0. The van der Waals surface area contributed by atoms with E-state index in [1.807, 2.05) is 0 Å². The molecule has 0 atom stereocenters. The Labute approximate surface area is 227 Å². The molecule has 0 N–H and O–H groups in total. The van der Waals surface area contributed by atoms with Gasteiger partial charge in [0.2, 0.25) is 0 Å². The van der Waals surface area contributed by atoms with Crippen molar-refractivity contribution in [1.82, 2.24) is 0 Å². The summed E-state index contributed by atoms with van der Waals surface area (Å²) < 4.78 is 4.73. The van der Waals surface area contributed by atoms with Gasteiger partial charge in [-0.1, -0.05) is 193 Å². The lowest BCUT2D eigenvalue weighted by Gasteiger charge is -2.04. The number of carbonyl (C=O) groups excluding carboxylic acids is 1. The number of hydrogen-bond donors (Lipinski definition) is 0. The minimum atomic E-state index is -0.143. The number of unbranched alkanes of at least 4 members (excludes halogenated alkanes) is 28. The molecule has 0 aliphatic rings. The highest BCUT2D eigenvalue weighted by Crippen LogP contribution is 2.16. The third kappa shape index (κ3) is 31.2. The second-order valence-electron chi connectivity index (χ2n) is 11.3. The van der Waals surface area contributed by atoms with Crippen molar-refractivity contribution in [3.8, 4) is 0 Å². The van der Waals surface area contributed by atoms with Gasteiger partial charge >= 0.3 is 5.97 Å². The zero-order valence-corrected chi connectivity index (χ0v) is 24.8. The molecule has 214 valence electrons. The van der Waals surface area contributed by atoms with E-state index in [0.29, 0.717) is 6.42 Å². The van der Waals surface area contributed by atoms with Crippen LogP contribution in [-0.2, 0) is 9.53 Å². The first-order valence-electron chi connectivity index (χ1n) is 16.6. The van der Waals surface area contributed by atoms with Crippen molar-refractivity contribution in [2.75, 3.05) is 0 Å². The minimum Gasteiger partial charge on any atom is -0.435 e. The summed E-state index contributed by atoms with van der Waals surface area (Å²) in [5.74, 6) is -0.143. The van der Waals surface area contributed by atoms with Gasteiger partial charge in [0.25, 0.3) is 0 Å². The van der Waals surface area contributed by atoms with Crippen LogP contribution in [0.3, 0.4) is 0 Å². The maximum Gasteiger partial charge on any atom is 0.310 e. The predicted molar refractivity (Wildman–Crippen MR) is 160 cm³/mol. The summed E-state index contributed by atoms with van der Waals surface area (Å²) in [4.78, 5) is 11.2. The molecular formula is C34H66O2. The molecule has 0 aromatic rings. The molecule has 0 bridgehead atoms. The van der Waals surface area contributed by atoms with Crippen molar-refractivity contribution in [2.24, 2.45) is 0 Å². The van der Waals surface area contributed by atoms with E-state index in [-0.39, 0.29) is 5.97 Å². The molecule has 0 saturated heterocycles. The van der Waals surface area contributed by atoms with Crippen LogP contribution in [0.4, 0.5) is 0 Å². The standard InChI is InChI=1S/C34H66O2/c1-3-5-6-7-8-9-10-11-12-13-14-15-16-17-18-19-20-21-22-23-24-25-26-27-28-29-30-31-32-33-34(35)36-4-2/h4H,2-3,5-33H2,1H3. The fraction of sp³-hybridized carbons (Fsp3) is 0.912. The van der Waals surface area contributed by atoms with Crippen LogP contribution in [0.5, 0.6) is 0 Å². The van der Waals surface area contributed by atoms with Gasteiger partial charge < -0.3 is 4.74 Å². The van der Waals surface area contributed by atoms with Crippen molar-refractivity contribution in [2.45, 2.75) is 200 Å². The quantitative estimate of drug-likeness (QED) is 0.0530. The van der Waals surface area contributed by atoms with Crippen molar-refractivity contribution in [3.05, 3.63) is 12.8 Å².